The summed E-state index contributed by atoms with van der Waals surface area (Å²) >= 11 is 6.30. The molecule has 0 unspecified atom stereocenters. The van der Waals surface area contributed by atoms with Gasteiger partial charge in [-0.3, -0.25) is 9.69 Å². The highest BCUT2D eigenvalue weighted by molar-refractivity contribution is 6.31. The van der Waals surface area contributed by atoms with Crippen LogP contribution in [0.15, 0.2) is 72.8 Å². The Morgan fingerprint density at radius 1 is 0.900 bits per heavy atom. The van der Waals surface area contributed by atoms with Gasteiger partial charge in [-0.25, -0.2) is 0 Å². The van der Waals surface area contributed by atoms with E-state index in [2.05, 4.69) is 33.3 Å². The molecule has 0 aromatic heterocycles. The molecule has 154 valence electrons. The number of aryl methyl sites for hydroxylation is 1. The van der Waals surface area contributed by atoms with Crippen molar-refractivity contribution in [3.05, 3.63) is 94.5 Å². The molecule has 1 aliphatic heterocycles. The number of rotatable bonds is 5. The van der Waals surface area contributed by atoms with Gasteiger partial charge in [0.1, 0.15) is 0 Å². The summed E-state index contributed by atoms with van der Waals surface area (Å²) < 4.78 is 0. The van der Waals surface area contributed by atoms with Gasteiger partial charge in [-0.2, -0.15) is 0 Å². The highest BCUT2D eigenvalue weighted by Gasteiger charge is 2.18. The zero-order chi connectivity index (χ0) is 20.9. The average molecular weight is 420 g/mol. The maximum absolute atomic E-state index is 12.5. The van der Waals surface area contributed by atoms with Crippen LogP contribution in [0.5, 0.6) is 0 Å². The first kappa shape index (κ1) is 20.5. The third kappa shape index (κ3) is 4.84. The molecule has 1 N–H and O–H groups in total. The van der Waals surface area contributed by atoms with Gasteiger partial charge in [-0.05, 0) is 54.4 Å². The molecule has 0 bridgehead atoms. The largest absolute Gasteiger partial charge is 0.369 e. The lowest BCUT2D eigenvalue weighted by molar-refractivity contribution is 0.102. The van der Waals surface area contributed by atoms with E-state index < -0.39 is 0 Å². The predicted octanol–water partition coefficient (Wildman–Crippen LogP) is 5.22. The van der Waals surface area contributed by atoms with Crippen molar-refractivity contribution in [1.29, 1.82) is 0 Å². The van der Waals surface area contributed by atoms with E-state index in [1.807, 2.05) is 61.5 Å². The summed E-state index contributed by atoms with van der Waals surface area (Å²) in [6, 6.07) is 23.8. The van der Waals surface area contributed by atoms with E-state index in [9.17, 15) is 4.79 Å². The molecule has 4 nitrogen and oxygen atoms in total. The van der Waals surface area contributed by atoms with E-state index in [0.29, 0.717) is 5.56 Å². The number of hydrogen-bond donors (Lipinski definition) is 1. The fraction of sp³-hybridized carbons (Fsp3) is 0.240. The molecular formula is C25H26ClN3O. The smallest absolute Gasteiger partial charge is 0.255 e. The standard InChI is InChI=1S/C25H26ClN3O/c1-19-6-2-4-8-23(19)25(30)27-21-10-12-22(13-11-21)29-16-14-28(15-17-29)18-20-7-3-5-9-24(20)26/h2-13H,14-18H2,1H3,(H,27,30). The number of carbonyl (C=O) groups excluding carboxylic acids is 1. The van der Waals surface area contributed by atoms with E-state index in [-0.39, 0.29) is 5.91 Å². The minimum absolute atomic E-state index is 0.0750. The lowest BCUT2D eigenvalue weighted by Gasteiger charge is -2.36. The van der Waals surface area contributed by atoms with Crippen LogP contribution in [0.2, 0.25) is 5.02 Å². The molecule has 0 atom stereocenters. The van der Waals surface area contributed by atoms with Crippen molar-refractivity contribution in [2.24, 2.45) is 0 Å². The summed E-state index contributed by atoms with van der Waals surface area (Å²) in [6.45, 7) is 6.77. The van der Waals surface area contributed by atoms with Gasteiger partial charge < -0.3 is 10.2 Å². The SMILES string of the molecule is Cc1ccccc1C(=O)Nc1ccc(N2CCN(Cc3ccccc3Cl)CC2)cc1. The van der Waals surface area contributed by atoms with Gasteiger partial charge in [0.05, 0.1) is 0 Å². The second kappa shape index (κ2) is 9.33. The highest BCUT2D eigenvalue weighted by atomic mass is 35.5. The Balaban J connectivity index is 1.32. The lowest BCUT2D eigenvalue weighted by Crippen LogP contribution is -2.46. The monoisotopic (exact) mass is 419 g/mol. The molecule has 3 aromatic carbocycles. The van der Waals surface area contributed by atoms with Crippen LogP contribution in [0.3, 0.4) is 0 Å². The van der Waals surface area contributed by atoms with Crippen molar-refractivity contribution in [3.63, 3.8) is 0 Å². The second-order valence-electron chi connectivity index (χ2n) is 7.67. The number of carbonyl (C=O) groups is 1. The molecule has 0 radical (unpaired) electrons. The van der Waals surface area contributed by atoms with E-state index >= 15 is 0 Å². The number of hydrogen-bond acceptors (Lipinski definition) is 3. The predicted molar refractivity (Wildman–Crippen MR) is 125 cm³/mol. The zero-order valence-electron chi connectivity index (χ0n) is 17.1. The average Bonchev–Trinajstić information content (AvgIpc) is 2.77. The molecule has 1 aliphatic rings. The first-order valence-electron chi connectivity index (χ1n) is 10.3. The first-order valence-corrected chi connectivity index (χ1v) is 10.7. The Labute approximate surface area is 183 Å². The van der Waals surface area contributed by atoms with Gasteiger partial charge in [0.15, 0.2) is 0 Å². The van der Waals surface area contributed by atoms with Gasteiger partial charge in [-0.1, -0.05) is 48.0 Å². The minimum Gasteiger partial charge on any atom is -0.369 e. The van der Waals surface area contributed by atoms with E-state index in [1.165, 1.54) is 11.3 Å². The van der Waals surface area contributed by atoms with Crippen molar-refractivity contribution >= 4 is 28.9 Å². The normalized spacial score (nSPS) is 14.5. The van der Waals surface area contributed by atoms with Crippen LogP contribution in [-0.4, -0.2) is 37.0 Å². The summed E-state index contributed by atoms with van der Waals surface area (Å²) in [5, 5.41) is 3.83. The molecule has 4 rings (SSSR count). The summed E-state index contributed by atoms with van der Waals surface area (Å²) in [6.07, 6.45) is 0. The van der Waals surface area contributed by atoms with Crippen LogP contribution in [-0.2, 0) is 6.54 Å². The van der Waals surface area contributed by atoms with Crippen LogP contribution in [0.25, 0.3) is 0 Å². The molecule has 1 heterocycles. The van der Waals surface area contributed by atoms with Crippen molar-refractivity contribution in [2.45, 2.75) is 13.5 Å². The molecule has 3 aromatic rings. The fourth-order valence-corrected chi connectivity index (χ4v) is 4.01. The number of nitrogens with zero attached hydrogens (tertiary/aromatic N) is 2. The van der Waals surface area contributed by atoms with Crippen molar-refractivity contribution in [3.8, 4) is 0 Å². The molecule has 0 spiro atoms. The summed E-state index contributed by atoms with van der Waals surface area (Å²) in [5.74, 6) is -0.0750. The minimum atomic E-state index is -0.0750. The quantitative estimate of drug-likeness (QED) is 0.615. The van der Waals surface area contributed by atoms with Gasteiger partial charge >= 0.3 is 0 Å². The lowest BCUT2D eigenvalue weighted by atomic mass is 10.1. The zero-order valence-corrected chi connectivity index (χ0v) is 17.9. The highest BCUT2D eigenvalue weighted by Crippen LogP contribution is 2.22. The fourth-order valence-electron chi connectivity index (χ4n) is 3.81. The first-order chi connectivity index (χ1) is 14.6. The molecular weight excluding hydrogens is 394 g/mol. The topological polar surface area (TPSA) is 35.6 Å². The second-order valence-corrected chi connectivity index (χ2v) is 8.08. The van der Waals surface area contributed by atoms with Gasteiger partial charge in [0.25, 0.3) is 5.91 Å². The summed E-state index contributed by atoms with van der Waals surface area (Å²) in [4.78, 5) is 17.3. The summed E-state index contributed by atoms with van der Waals surface area (Å²) in [5.41, 5.74) is 4.85. The van der Waals surface area contributed by atoms with Crippen molar-refractivity contribution < 1.29 is 4.79 Å². The van der Waals surface area contributed by atoms with Crippen LogP contribution < -0.4 is 10.2 Å². The molecule has 1 amide bonds. The van der Waals surface area contributed by atoms with Gasteiger partial charge in [0.2, 0.25) is 0 Å². The Morgan fingerprint density at radius 2 is 1.57 bits per heavy atom. The molecule has 1 fully saturated rings. The van der Waals surface area contributed by atoms with Gasteiger partial charge in [-0.15, -0.1) is 0 Å². The molecule has 0 saturated carbocycles. The number of anilines is 2. The Bertz CT molecular complexity index is 1010. The molecule has 30 heavy (non-hydrogen) atoms. The molecule has 0 aliphatic carbocycles. The maximum atomic E-state index is 12.5. The van der Waals surface area contributed by atoms with E-state index in [1.54, 1.807) is 0 Å². The van der Waals surface area contributed by atoms with Gasteiger partial charge in [0, 0.05) is 54.7 Å². The Kier molecular flexibility index (Phi) is 6.36. The van der Waals surface area contributed by atoms with E-state index in [0.717, 1.165) is 49.0 Å². The third-order valence-electron chi connectivity index (χ3n) is 5.60. The number of benzene rings is 3. The van der Waals surface area contributed by atoms with Crippen LogP contribution >= 0.6 is 11.6 Å². The van der Waals surface area contributed by atoms with Crippen LogP contribution in [0.1, 0.15) is 21.5 Å². The van der Waals surface area contributed by atoms with Crippen LogP contribution in [0.4, 0.5) is 11.4 Å². The van der Waals surface area contributed by atoms with E-state index in [4.69, 9.17) is 11.6 Å². The van der Waals surface area contributed by atoms with Crippen molar-refractivity contribution in [2.75, 3.05) is 36.4 Å². The van der Waals surface area contributed by atoms with Crippen molar-refractivity contribution in [1.82, 2.24) is 4.90 Å². The molecule has 1 saturated heterocycles. The summed E-state index contributed by atoms with van der Waals surface area (Å²) in [7, 11) is 0. The molecule has 5 heteroatoms. The maximum Gasteiger partial charge on any atom is 0.255 e. The Hall–Kier alpha value is -2.82. The Morgan fingerprint density at radius 3 is 2.27 bits per heavy atom. The number of halogens is 1. The number of piperazine rings is 1. The van der Waals surface area contributed by atoms with Crippen LogP contribution in [0, 0.1) is 6.92 Å². The number of nitrogens with one attached hydrogen (secondary N) is 1. The third-order valence-corrected chi connectivity index (χ3v) is 5.97. The number of amides is 1.